The van der Waals surface area contributed by atoms with E-state index in [4.69, 9.17) is 0 Å². The highest BCUT2D eigenvalue weighted by molar-refractivity contribution is 9.10. The van der Waals surface area contributed by atoms with E-state index >= 15 is 0 Å². The van der Waals surface area contributed by atoms with Crippen molar-refractivity contribution in [2.75, 3.05) is 23.8 Å². The van der Waals surface area contributed by atoms with Crippen LogP contribution in [0.5, 0.6) is 0 Å². The van der Waals surface area contributed by atoms with Crippen LogP contribution in [-0.4, -0.2) is 29.6 Å². The average molecular weight is 341 g/mol. The first kappa shape index (κ1) is 15.5. The SMILES string of the molecule is CCNc1ncnc(N(C)C2CCC(C)(C)CC2)c1Br. The van der Waals surface area contributed by atoms with E-state index in [0.717, 1.165) is 22.7 Å². The van der Waals surface area contributed by atoms with Crippen LogP contribution < -0.4 is 10.2 Å². The van der Waals surface area contributed by atoms with Crippen molar-refractivity contribution in [3.8, 4) is 0 Å². The summed E-state index contributed by atoms with van der Waals surface area (Å²) in [6.45, 7) is 7.66. The molecule has 0 saturated heterocycles. The van der Waals surface area contributed by atoms with Gasteiger partial charge in [-0.3, -0.25) is 0 Å². The van der Waals surface area contributed by atoms with Crippen LogP contribution in [-0.2, 0) is 0 Å². The quantitative estimate of drug-likeness (QED) is 0.896. The molecule has 20 heavy (non-hydrogen) atoms. The fourth-order valence-corrected chi connectivity index (χ4v) is 3.47. The van der Waals surface area contributed by atoms with Gasteiger partial charge in [0.1, 0.15) is 22.4 Å². The van der Waals surface area contributed by atoms with Crippen molar-refractivity contribution in [3.63, 3.8) is 0 Å². The summed E-state index contributed by atoms with van der Waals surface area (Å²) in [5.74, 6) is 1.86. The molecule has 1 aromatic rings. The molecule has 0 spiro atoms. The van der Waals surface area contributed by atoms with Gasteiger partial charge in [-0.25, -0.2) is 9.97 Å². The molecule has 0 amide bonds. The van der Waals surface area contributed by atoms with Crippen molar-refractivity contribution in [1.29, 1.82) is 0 Å². The van der Waals surface area contributed by atoms with E-state index in [9.17, 15) is 0 Å². The van der Waals surface area contributed by atoms with Crippen molar-refractivity contribution in [2.24, 2.45) is 5.41 Å². The molecule has 4 nitrogen and oxygen atoms in total. The first-order valence-electron chi connectivity index (χ1n) is 7.42. The van der Waals surface area contributed by atoms with E-state index in [2.05, 4.69) is 63.9 Å². The minimum atomic E-state index is 0.495. The zero-order valence-corrected chi connectivity index (χ0v) is 14.5. The van der Waals surface area contributed by atoms with Gasteiger partial charge in [-0.15, -0.1) is 0 Å². The predicted molar refractivity (Wildman–Crippen MR) is 88.3 cm³/mol. The zero-order valence-electron chi connectivity index (χ0n) is 12.9. The van der Waals surface area contributed by atoms with Crippen molar-refractivity contribution in [1.82, 2.24) is 9.97 Å². The largest absolute Gasteiger partial charge is 0.369 e. The second-order valence-corrected chi connectivity index (χ2v) is 7.19. The van der Waals surface area contributed by atoms with Crippen LogP contribution in [0, 0.1) is 5.41 Å². The molecular weight excluding hydrogens is 316 g/mol. The molecule has 0 radical (unpaired) electrons. The molecule has 1 fully saturated rings. The fraction of sp³-hybridized carbons (Fsp3) is 0.733. The van der Waals surface area contributed by atoms with Gasteiger partial charge in [0.15, 0.2) is 0 Å². The van der Waals surface area contributed by atoms with Gasteiger partial charge in [-0.05, 0) is 54.0 Å². The first-order chi connectivity index (χ1) is 9.44. The third-order valence-electron chi connectivity index (χ3n) is 4.31. The van der Waals surface area contributed by atoms with E-state index in [1.165, 1.54) is 25.7 Å². The Balaban J connectivity index is 2.13. The van der Waals surface area contributed by atoms with Gasteiger partial charge in [0.25, 0.3) is 0 Å². The highest BCUT2D eigenvalue weighted by atomic mass is 79.9. The van der Waals surface area contributed by atoms with Crippen molar-refractivity contribution >= 4 is 27.6 Å². The lowest BCUT2D eigenvalue weighted by molar-refractivity contribution is 0.222. The van der Waals surface area contributed by atoms with Crippen LogP contribution in [0.15, 0.2) is 10.8 Å². The Labute approximate surface area is 130 Å². The Morgan fingerprint density at radius 2 is 2.00 bits per heavy atom. The molecule has 0 aromatic carbocycles. The Bertz CT molecular complexity index is 451. The average Bonchev–Trinajstić information content (AvgIpc) is 2.41. The molecule has 1 saturated carbocycles. The van der Waals surface area contributed by atoms with E-state index < -0.39 is 0 Å². The van der Waals surface area contributed by atoms with Gasteiger partial charge in [0.05, 0.1) is 0 Å². The summed E-state index contributed by atoms with van der Waals surface area (Å²) >= 11 is 3.64. The van der Waals surface area contributed by atoms with Crippen LogP contribution in [0.1, 0.15) is 46.5 Å². The summed E-state index contributed by atoms with van der Waals surface area (Å²) in [5, 5.41) is 3.26. The van der Waals surface area contributed by atoms with Crippen molar-refractivity contribution in [3.05, 3.63) is 10.8 Å². The predicted octanol–water partition coefficient (Wildman–Crippen LogP) is 4.08. The molecule has 0 unspecified atom stereocenters. The highest BCUT2D eigenvalue weighted by Crippen LogP contribution is 2.39. The number of nitrogens with zero attached hydrogens (tertiary/aromatic N) is 3. The lowest BCUT2D eigenvalue weighted by Crippen LogP contribution is -2.38. The fourth-order valence-electron chi connectivity index (χ4n) is 2.84. The molecule has 0 atom stereocenters. The Hall–Kier alpha value is -0.840. The normalized spacial score (nSPS) is 18.9. The topological polar surface area (TPSA) is 41.1 Å². The first-order valence-corrected chi connectivity index (χ1v) is 8.21. The number of hydrogen-bond donors (Lipinski definition) is 1. The molecular formula is C15H25BrN4. The van der Waals surface area contributed by atoms with Gasteiger partial charge >= 0.3 is 0 Å². The second kappa shape index (κ2) is 6.29. The van der Waals surface area contributed by atoms with Gasteiger partial charge in [0, 0.05) is 19.6 Å². The van der Waals surface area contributed by atoms with Gasteiger partial charge < -0.3 is 10.2 Å². The summed E-state index contributed by atoms with van der Waals surface area (Å²) in [6.07, 6.45) is 6.67. The zero-order chi connectivity index (χ0) is 14.8. The van der Waals surface area contributed by atoms with Crippen LogP contribution >= 0.6 is 15.9 Å². The number of rotatable bonds is 4. The molecule has 1 aliphatic rings. The van der Waals surface area contributed by atoms with Crippen molar-refractivity contribution in [2.45, 2.75) is 52.5 Å². The standard InChI is InChI=1S/C15H25BrN4/c1-5-17-13-12(16)14(19-10-18-13)20(4)11-6-8-15(2,3)9-7-11/h10-11H,5-9H2,1-4H3,(H,17,18,19). The van der Waals surface area contributed by atoms with Gasteiger partial charge in [-0.2, -0.15) is 0 Å². The third-order valence-corrected chi connectivity index (χ3v) is 5.04. The molecule has 1 heterocycles. The number of hydrogen-bond acceptors (Lipinski definition) is 4. The number of halogens is 1. The maximum absolute atomic E-state index is 4.46. The maximum Gasteiger partial charge on any atom is 0.148 e. The van der Waals surface area contributed by atoms with Crippen LogP contribution in [0.3, 0.4) is 0 Å². The molecule has 2 rings (SSSR count). The van der Waals surface area contributed by atoms with E-state index in [0.29, 0.717) is 11.5 Å². The lowest BCUT2D eigenvalue weighted by Gasteiger charge is -2.39. The van der Waals surface area contributed by atoms with Crippen LogP contribution in [0.2, 0.25) is 0 Å². The monoisotopic (exact) mass is 340 g/mol. The summed E-state index contributed by atoms with van der Waals surface area (Å²) in [4.78, 5) is 11.1. The summed E-state index contributed by atoms with van der Waals surface area (Å²) in [6, 6.07) is 0.573. The minimum Gasteiger partial charge on any atom is -0.369 e. The summed E-state index contributed by atoms with van der Waals surface area (Å²) in [7, 11) is 2.14. The molecule has 1 aliphatic carbocycles. The van der Waals surface area contributed by atoms with E-state index in [1.54, 1.807) is 6.33 Å². The number of aromatic nitrogens is 2. The van der Waals surface area contributed by atoms with E-state index in [-0.39, 0.29) is 0 Å². The summed E-state index contributed by atoms with van der Waals surface area (Å²) in [5.41, 5.74) is 0.495. The molecule has 112 valence electrons. The lowest BCUT2D eigenvalue weighted by atomic mass is 9.75. The van der Waals surface area contributed by atoms with Crippen LogP contribution in [0.25, 0.3) is 0 Å². The smallest absolute Gasteiger partial charge is 0.148 e. The molecule has 0 bridgehead atoms. The van der Waals surface area contributed by atoms with Gasteiger partial charge in [0.2, 0.25) is 0 Å². The molecule has 1 aromatic heterocycles. The molecule has 5 heteroatoms. The number of nitrogens with one attached hydrogen (secondary N) is 1. The van der Waals surface area contributed by atoms with E-state index in [1.807, 2.05) is 0 Å². The van der Waals surface area contributed by atoms with Crippen LogP contribution in [0.4, 0.5) is 11.6 Å². The Kier molecular flexibility index (Phi) is 4.89. The second-order valence-electron chi connectivity index (χ2n) is 6.40. The van der Waals surface area contributed by atoms with Crippen molar-refractivity contribution < 1.29 is 0 Å². The highest BCUT2D eigenvalue weighted by Gasteiger charge is 2.30. The Morgan fingerprint density at radius 3 is 2.60 bits per heavy atom. The summed E-state index contributed by atoms with van der Waals surface area (Å²) < 4.78 is 0.967. The molecule has 0 aliphatic heterocycles. The third kappa shape index (κ3) is 3.43. The Morgan fingerprint density at radius 1 is 1.35 bits per heavy atom. The maximum atomic E-state index is 4.46. The van der Waals surface area contributed by atoms with Gasteiger partial charge in [-0.1, -0.05) is 13.8 Å². The minimum absolute atomic E-state index is 0.495. The molecule has 1 N–H and O–H groups in total. The number of anilines is 2.